The van der Waals surface area contributed by atoms with Crippen LogP contribution in [0.1, 0.15) is 15.9 Å². The van der Waals surface area contributed by atoms with E-state index in [1.807, 2.05) is 0 Å². The van der Waals surface area contributed by atoms with E-state index < -0.39 is 10.0 Å². The second-order valence-corrected chi connectivity index (χ2v) is 6.40. The van der Waals surface area contributed by atoms with E-state index in [1.165, 1.54) is 6.07 Å². The molecule has 0 spiro atoms. The van der Waals surface area contributed by atoms with Gasteiger partial charge >= 0.3 is 0 Å². The number of nitrogens with zero attached hydrogens (tertiary/aromatic N) is 2. The summed E-state index contributed by atoms with van der Waals surface area (Å²) in [5.41, 5.74) is 1.69. The first kappa shape index (κ1) is 14.4. The average Bonchev–Trinajstić information content (AvgIpc) is 2.94. The van der Waals surface area contributed by atoms with E-state index in [0.717, 1.165) is 5.52 Å². The molecule has 0 aliphatic carbocycles. The summed E-state index contributed by atoms with van der Waals surface area (Å²) in [6, 6.07) is 11.4. The van der Waals surface area contributed by atoms with E-state index >= 15 is 0 Å². The van der Waals surface area contributed by atoms with Crippen LogP contribution in [0.2, 0.25) is 0 Å². The third-order valence-corrected chi connectivity index (χ3v) is 4.36. The lowest BCUT2D eigenvalue weighted by atomic mass is 10.0. The fraction of sp³-hybridized carbons (Fsp3) is 0.0667. The number of carbonyl (C=O) groups is 1. The third-order valence-electron chi connectivity index (χ3n) is 3.35. The highest BCUT2D eigenvalue weighted by molar-refractivity contribution is 7.89. The number of sulfonamides is 1. The van der Waals surface area contributed by atoms with E-state index in [0.29, 0.717) is 11.1 Å². The maximum absolute atomic E-state index is 12.4. The van der Waals surface area contributed by atoms with Gasteiger partial charge in [0.1, 0.15) is 0 Å². The van der Waals surface area contributed by atoms with Gasteiger partial charge in [-0.25, -0.2) is 18.1 Å². The zero-order valence-corrected chi connectivity index (χ0v) is 12.3. The Morgan fingerprint density at radius 3 is 2.73 bits per heavy atom. The first-order valence-electron chi connectivity index (χ1n) is 6.52. The summed E-state index contributed by atoms with van der Waals surface area (Å²) < 4.78 is 24.8. The van der Waals surface area contributed by atoms with Crippen LogP contribution in [0, 0.1) is 0 Å². The molecule has 0 aliphatic rings. The summed E-state index contributed by atoms with van der Waals surface area (Å²) in [5.74, 6) is -0.181. The molecule has 0 bridgehead atoms. The molecule has 0 fully saturated rings. The van der Waals surface area contributed by atoms with Crippen molar-refractivity contribution in [1.29, 1.82) is 0 Å². The Bertz CT molecular complexity index is 961. The Labute approximate surface area is 127 Å². The SMILES string of the molecule is NS(=O)(=O)c1ccccc1CC(=O)c1ccn2nccc2c1. The molecule has 0 radical (unpaired) electrons. The largest absolute Gasteiger partial charge is 0.294 e. The number of fused-ring (bicyclic) bond motifs is 1. The van der Waals surface area contributed by atoms with Gasteiger partial charge in [0.2, 0.25) is 10.0 Å². The molecule has 0 atom stereocenters. The monoisotopic (exact) mass is 315 g/mol. The van der Waals surface area contributed by atoms with Crippen LogP contribution in [0.4, 0.5) is 0 Å². The predicted octanol–water partition coefficient (Wildman–Crippen LogP) is 1.41. The number of carbonyl (C=O) groups excluding carboxylic acids is 1. The smallest absolute Gasteiger partial charge is 0.238 e. The van der Waals surface area contributed by atoms with Crippen LogP contribution >= 0.6 is 0 Å². The molecule has 6 nitrogen and oxygen atoms in total. The molecule has 0 saturated heterocycles. The Morgan fingerprint density at radius 2 is 1.95 bits per heavy atom. The number of Topliss-reactive ketones (excluding diaryl/α,β-unsaturated/α-hetero) is 1. The van der Waals surface area contributed by atoms with Crippen LogP contribution in [-0.2, 0) is 16.4 Å². The van der Waals surface area contributed by atoms with Crippen molar-refractivity contribution in [3.05, 3.63) is 66.0 Å². The second-order valence-electron chi connectivity index (χ2n) is 4.87. The van der Waals surface area contributed by atoms with E-state index in [1.54, 1.807) is 53.3 Å². The number of aromatic nitrogens is 2. The van der Waals surface area contributed by atoms with Crippen molar-refractivity contribution >= 4 is 21.3 Å². The van der Waals surface area contributed by atoms with Gasteiger partial charge in [0.05, 0.1) is 10.4 Å². The highest BCUT2D eigenvalue weighted by Crippen LogP contribution is 2.17. The highest BCUT2D eigenvalue weighted by Gasteiger charge is 2.16. The number of rotatable bonds is 4. The summed E-state index contributed by atoms with van der Waals surface area (Å²) >= 11 is 0. The normalized spacial score (nSPS) is 11.7. The Balaban J connectivity index is 1.94. The number of benzene rings is 1. The summed E-state index contributed by atoms with van der Waals surface area (Å²) in [4.78, 5) is 12.4. The number of ketones is 1. The minimum absolute atomic E-state index is 0.0196. The van der Waals surface area contributed by atoms with Crippen LogP contribution in [0.25, 0.3) is 5.52 Å². The Hall–Kier alpha value is -2.51. The lowest BCUT2D eigenvalue weighted by molar-refractivity contribution is 0.0992. The second kappa shape index (κ2) is 5.36. The number of primary sulfonamides is 1. The number of nitrogens with two attached hydrogens (primary N) is 1. The van der Waals surface area contributed by atoms with E-state index in [9.17, 15) is 13.2 Å². The Morgan fingerprint density at radius 1 is 1.18 bits per heavy atom. The first-order chi connectivity index (χ1) is 10.4. The Kier molecular flexibility index (Phi) is 3.51. The molecule has 0 saturated carbocycles. The molecule has 7 heteroatoms. The van der Waals surface area contributed by atoms with Gasteiger partial charge in [-0.05, 0) is 29.8 Å². The molecule has 2 aromatic heterocycles. The summed E-state index contributed by atoms with van der Waals surface area (Å²) in [5, 5.41) is 9.24. The van der Waals surface area contributed by atoms with Crippen molar-refractivity contribution in [1.82, 2.24) is 9.61 Å². The standard InChI is InChI=1S/C15H13N3O3S/c16-22(20,21)15-4-2-1-3-12(15)10-14(19)11-6-8-18-13(9-11)5-7-17-18/h1-9H,10H2,(H2,16,20,21). The molecule has 3 aromatic rings. The average molecular weight is 315 g/mol. The molecule has 112 valence electrons. The van der Waals surface area contributed by atoms with Gasteiger partial charge in [-0.2, -0.15) is 5.10 Å². The van der Waals surface area contributed by atoms with Crippen LogP contribution in [-0.4, -0.2) is 23.8 Å². The molecule has 1 aromatic carbocycles. The van der Waals surface area contributed by atoms with Crippen molar-refractivity contribution in [3.63, 3.8) is 0 Å². The molecule has 0 unspecified atom stereocenters. The fourth-order valence-corrected chi connectivity index (χ4v) is 3.07. The fourth-order valence-electron chi connectivity index (χ4n) is 2.30. The molecular weight excluding hydrogens is 302 g/mol. The van der Waals surface area contributed by atoms with Crippen molar-refractivity contribution in [2.45, 2.75) is 11.3 Å². The molecule has 22 heavy (non-hydrogen) atoms. The van der Waals surface area contributed by atoms with Gasteiger partial charge in [0.15, 0.2) is 5.78 Å². The molecular formula is C15H13N3O3S. The molecule has 3 rings (SSSR count). The van der Waals surface area contributed by atoms with Gasteiger partial charge < -0.3 is 0 Å². The first-order valence-corrected chi connectivity index (χ1v) is 8.07. The number of pyridine rings is 1. The molecule has 2 heterocycles. The van der Waals surface area contributed by atoms with Crippen molar-refractivity contribution in [3.8, 4) is 0 Å². The minimum Gasteiger partial charge on any atom is -0.294 e. The maximum Gasteiger partial charge on any atom is 0.238 e. The summed E-state index contributed by atoms with van der Waals surface area (Å²) in [7, 11) is -3.85. The minimum atomic E-state index is -3.85. The van der Waals surface area contributed by atoms with Crippen molar-refractivity contribution in [2.24, 2.45) is 5.14 Å². The summed E-state index contributed by atoms with van der Waals surface area (Å²) in [6.45, 7) is 0. The quantitative estimate of drug-likeness (QED) is 0.736. The highest BCUT2D eigenvalue weighted by atomic mass is 32.2. The van der Waals surface area contributed by atoms with Gasteiger partial charge in [-0.15, -0.1) is 0 Å². The predicted molar refractivity (Wildman–Crippen MR) is 81.0 cm³/mol. The molecule has 0 aliphatic heterocycles. The zero-order valence-electron chi connectivity index (χ0n) is 11.5. The van der Waals surface area contributed by atoms with Crippen LogP contribution in [0.5, 0.6) is 0 Å². The van der Waals surface area contributed by atoms with Gasteiger partial charge in [-0.1, -0.05) is 18.2 Å². The third kappa shape index (κ3) is 2.76. The topological polar surface area (TPSA) is 94.5 Å². The van der Waals surface area contributed by atoms with Crippen LogP contribution in [0.15, 0.2) is 59.8 Å². The van der Waals surface area contributed by atoms with Crippen LogP contribution < -0.4 is 5.14 Å². The van der Waals surface area contributed by atoms with Crippen molar-refractivity contribution in [2.75, 3.05) is 0 Å². The molecule has 2 N–H and O–H groups in total. The summed E-state index contributed by atoms with van der Waals surface area (Å²) in [6.07, 6.45) is 3.30. The lowest BCUT2D eigenvalue weighted by Crippen LogP contribution is -2.16. The van der Waals surface area contributed by atoms with E-state index in [2.05, 4.69) is 5.10 Å². The van der Waals surface area contributed by atoms with Crippen molar-refractivity contribution < 1.29 is 13.2 Å². The lowest BCUT2D eigenvalue weighted by Gasteiger charge is -2.07. The van der Waals surface area contributed by atoms with Crippen LogP contribution in [0.3, 0.4) is 0 Å². The maximum atomic E-state index is 12.4. The van der Waals surface area contributed by atoms with Gasteiger partial charge in [-0.3, -0.25) is 4.79 Å². The van der Waals surface area contributed by atoms with E-state index in [-0.39, 0.29) is 17.1 Å². The van der Waals surface area contributed by atoms with Gasteiger partial charge in [0, 0.05) is 24.4 Å². The van der Waals surface area contributed by atoms with Gasteiger partial charge in [0.25, 0.3) is 0 Å². The molecule has 0 amide bonds. The van der Waals surface area contributed by atoms with E-state index in [4.69, 9.17) is 5.14 Å². The zero-order chi connectivity index (χ0) is 15.7. The number of hydrogen-bond donors (Lipinski definition) is 1. The number of hydrogen-bond acceptors (Lipinski definition) is 4.